The first-order valence-corrected chi connectivity index (χ1v) is 9.40. The first-order chi connectivity index (χ1) is 9.56. The lowest BCUT2D eigenvalue weighted by molar-refractivity contribution is -0.124. The van der Waals surface area contributed by atoms with Crippen LogP contribution in [0, 0.1) is 0 Å². The van der Waals surface area contributed by atoms with E-state index in [1.54, 1.807) is 0 Å². The van der Waals surface area contributed by atoms with Crippen molar-refractivity contribution in [1.29, 1.82) is 0 Å². The molecule has 1 heterocycles. The fraction of sp³-hybridized carbons (Fsp3) is 0.929. The van der Waals surface area contributed by atoms with E-state index in [4.69, 9.17) is 5.73 Å². The number of carbonyl (C=O) groups is 1. The van der Waals surface area contributed by atoms with Crippen molar-refractivity contribution < 1.29 is 13.2 Å². The lowest BCUT2D eigenvalue weighted by Gasteiger charge is -2.36. The molecule has 21 heavy (non-hydrogen) atoms. The molecular weight excluding hydrogens is 290 g/mol. The molecular formula is C14H29N3O3S. The normalized spacial score (nSPS) is 24.2. The Morgan fingerprint density at radius 3 is 2.43 bits per heavy atom. The van der Waals surface area contributed by atoms with Gasteiger partial charge in [-0.2, -0.15) is 0 Å². The van der Waals surface area contributed by atoms with Crippen LogP contribution in [0.3, 0.4) is 0 Å². The Morgan fingerprint density at radius 1 is 1.29 bits per heavy atom. The topological polar surface area (TPSA) is 92.5 Å². The standard InChI is InChI=1S/C14H29N3O3S/c1-11(2)16-14(4,13(15)18)10-12(3)17-6-5-8-21(19,20)9-7-17/h11-12,16H,5-10H2,1-4H3,(H2,15,18). The zero-order chi connectivity index (χ0) is 16.3. The predicted octanol–water partition coefficient (Wildman–Crippen LogP) is 0.128. The highest BCUT2D eigenvalue weighted by molar-refractivity contribution is 7.91. The molecule has 1 aliphatic rings. The van der Waals surface area contributed by atoms with Gasteiger partial charge in [0.25, 0.3) is 0 Å². The third-order valence-corrected chi connectivity index (χ3v) is 5.78. The van der Waals surface area contributed by atoms with Crippen molar-refractivity contribution >= 4 is 15.7 Å². The molecule has 0 aliphatic carbocycles. The molecule has 124 valence electrons. The van der Waals surface area contributed by atoms with E-state index in [1.807, 2.05) is 27.7 Å². The second-order valence-corrected chi connectivity index (χ2v) is 8.89. The van der Waals surface area contributed by atoms with Gasteiger partial charge in [0.1, 0.15) is 0 Å². The van der Waals surface area contributed by atoms with Gasteiger partial charge in [-0.25, -0.2) is 8.42 Å². The van der Waals surface area contributed by atoms with E-state index in [0.29, 0.717) is 19.4 Å². The van der Waals surface area contributed by atoms with Crippen LogP contribution in [0.2, 0.25) is 0 Å². The van der Waals surface area contributed by atoms with E-state index >= 15 is 0 Å². The molecule has 2 atom stereocenters. The number of nitrogens with one attached hydrogen (secondary N) is 1. The van der Waals surface area contributed by atoms with Crippen LogP contribution < -0.4 is 11.1 Å². The second-order valence-electron chi connectivity index (χ2n) is 6.59. The summed E-state index contributed by atoms with van der Waals surface area (Å²) in [6.07, 6.45) is 1.22. The largest absolute Gasteiger partial charge is 0.368 e. The molecule has 0 saturated carbocycles. The molecule has 1 amide bonds. The van der Waals surface area contributed by atoms with E-state index in [-0.39, 0.29) is 29.5 Å². The van der Waals surface area contributed by atoms with Crippen LogP contribution in [0.1, 0.15) is 40.5 Å². The summed E-state index contributed by atoms with van der Waals surface area (Å²) in [7, 11) is -2.91. The molecule has 2 unspecified atom stereocenters. The van der Waals surface area contributed by atoms with Crippen LogP contribution in [0.4, 0.5) is 0 Å². The Morgan fingerprint density at radius 2 is 1.90 bits per heavy atom. The summed E-state index contributed by atoms with van der Waals surface area (Å²) in [5.74, 6) is 0.0842. The number of amides is 1. The lowest BCUT2D eigenvalue weighted by atomic mass is 9.91. The maximum atomic E-state index is 11.8. The van der Waals surface area contributed by atoms with Crippen molar-refractivity contribution in [3.05, 3.63) is 0 Å². The molecule has 0 aromatic rings. The average Bonchev–Trinajstić information content (AvgIpc) is 2.48. The maximum Gasteiger partial charge on any atom is 0.237 e. The van der Waals surface area contributed by atoms with Crippen LogP contribution in [0.25, 0.3) is 0 Å². The van der Waals surface area contributed by atoms with Gasteiger partial charge in [0.05, 0.1) is 17.0 Å². The summed E-state index contributed by atoms with van der Waals surface area (Å²) in [6.45, 7) is 9.08. The number of carbonyl (C=O) groups excluding carboxylic acids is 1. The van der Waals surface area contributed by atoms with Gasteiger partial charge < -0.3 is 11.1 Å². The highest BCUT2D eigenvalue weighted by Gasteiger charge is 2.35. The number of hydrogen-bond donors (Lipinski definition) is 2. The summed E-state index contributed by atoms with van der Waals surface area (Å²) < 4.78 is 23.3. The minimum absolute atomic E-state index is 0.0991. The predicted molar refractivity (Wildman–Crippen MR) is 84.8 cm³/mol. The summed E-state index contributed by atoms with van der Waals surface area (Å²) in [5.41, 5.74) is 4.78. The van der Waals surface area contributed by atoms with E-state index in [2.05, 4.69) is 10.2 Å². The third-order valence-electron chi connectivity index (χ3n) is 4.07. The molecule has 1 aliphatic heterocycles. The molecule has 0 radical (unpaired) electrons. The quantitative estimate of drug-likeness (QED) is 0.726. The molecule has 1 rings (SSSR count). The third kappa shape index (κ3) is 5.56. The fourth-order valence-corrected chi connectivity index (χ4v) is 4.27. The van der Waals surface area contributed by atoms with Crippen molar-refractivity contribution in [3.63, 3.8) is 0 Å². The van der Waals surface area contributed by atoms with Crippen LogP contribution in [-0.4, -0.2) is 61.4 Å². The molecule has 1 fully saturated rings. The van der Waals surface area contributed by atoms with Crippen LogP contribution in [-0.2, 0) is 14.6 Å². The zero-order valence-corrected chi connectivity index (χ0v) is 14.4. The number of sulfone groups is 1. The molecule has 0 aromatic carbocycles. The van der Waals surface area contributed by atoms with E-state index in [1.165, 1.54) is 0 Å². The second kappa shape index (κ2) is 7.07. The summed E-state index contributed by atoms with van der Waals surface area (Å²) in [6, 6.07) is 0.251. The highest BCUT2D eigenvalue weighted by Crippen LogP contribution is 2.19. The Balaban J connectivity index is 2.73. The number of primary amides is 1. The minimum atomic E-state index is -2.91. The van der Waals surface area contributed by atoms with Gasteiger partial charge in [-0.05, 0) is 47.1 Å². The Labute approximate surface area is 128 Å². The smallest absolute Gasteiger partial charge is 0.237 e. The minimum Gasteiger partial charge on any atom is -0.368 e. The lowest BCUT2D eigenvalue weighted by Crippen LogP contribution is -2.58. The van der Waals surface area contributed by atoms with Crippen molar-refractivity contribution in [3.8, 4) is 0 Å². The number of nitrogens with zero attached hydrogens (tertiary/aromatic N) is 1. The molecule has 7 heteroatoms. The molecule has 3 N–H and O–H groups in total. The average molecular weight is 319 g/mol. The van der Waals surface area contributed by atoms with Gasteiger partial charge >= 0.3 is 0 Å². The van der Waals surface area contributed by atoms with Gasteiger partial charge in [-0.3, -0.25) is 9.69 Å². The van der Waals surface area contributed by atoms with E-state index in [0.717, 1.165) is 6.54 Å². The monoisotopic (exact) mass is 319 g/mol. The number of rotatable bonds is 6. The van der Waals surface area contributed by atoms with Crippen LogP contribution >= 0.6 is 0 Å². The van der Waals surface area contributed by atoms with Crippen molar-refractivity contribution in [2.24, 2.45) is 5.73 Å². The first-order valence-electron chi connectivity index (χ1n) is 7.58. The molecule has 0 bridgehead atoms. The first kappa shape index (κ1) is 18.4. The van der Waals surface area contributed by atoms with Crippen LogP contribution in [0.5, 0.6) is 0 Å². The Kier molecular flexibility index (Phi) is 6.19. The number of nitrogens with two attached hydrogens (primary N) is 1. The van der Waals surface area contributed by atoms with Gasteiger partial charge in [0.2, 0.25) is 5.91 Å². The van der Waals surface area contributed by atoms with Crippen molar-refractivity contribution in [2.45, 2.75) is 58.2 Å². The SMILES string of the molecule is CC(C)NC(C)(CC(C)N1CCCS(=O)(=O)CC1)C(N)=O. The van der Waals surface area contributed by atoms with Crippen LogP contribution in [0.15, 0.2) is 0 Å². The molecule has 0 aromatic heterocycles. The highest BCUT2D eigenvalue weighted by atomic mass is 32.2. The molecule has 0 spiro atoms. The van der Waals surface area contributed by atoms with Gasteiger partial charge in [-0.1, -0.05) is 0 Å². The van der Waals surface area contributed by atoms with Crippen molar-refractivity contribution in [1.82, 2.24) is 10.2 Å². The molecule has 6 nitrogen and oxygen atoms in total. The van der Waals surface area contributed by atoms with Gasteiger partial charge in [0.15, 0.2) is 9.84 Å². The zero-order valence-electron chi connectivity index (χ0n) is 13.6. The maximum absolute atomic E-state index is 11.8. The van der Waals surface area contributed by atoms with E-state index < -0.39 is 15.4 Å². The van der Waals surface area contributed by atoms with Crippen molar-refractivity contribution in [2.75, 3.05) is 24.6 Å². The summed E-state index contributed by atoms with van der Waals surface area (Å²) in [4.78, 5) is 13.9. The van der Waals surface area contributed by atoms with E-state index in [9.17, 15) is 13.2 Å². The van der Waals surface area contributed by atoms with Gasteiger partial charge in [0, 0.05) is 18.6 Å². The summed E-state index contributed by atoms with van der Waals surface area (Å²) >= 11 is 0. The Hall–Kier alpha value is -0.660. The molecule has 1 saturated heterocycles. The number of hydrogen-bond acceptors (Lipinski definition) is 5. The Bertz CT molecular complexity index is 464. The van der Waals surface area contributed by atoms with Gasteiger partial charge in [-0.15, -0.1) is 0 Å². The summed E-state index contributed by atoms with van der Waals surface area (Å²) in [5, 5.41) is 3.24. The fourth-order valence-electron chi connectivity index (χ4n) is 2.99.